The molecule has 1 aliphatic heterocycles. The summed E-state index contributed by atoms with van der Waals surface area (Å²) < 4.78 is 6.08. The second-order valence-corrected chi connectivity index (χ2v) is 6.70. The number of hydrogen-bond donors (Lipinski definition) is 1. The second kappa shape index (κ2) is 5.71. The summed E-state index contributed by atoms with van der Waals surface area (Å²) in [5.74, 6) is 1.58. The summed E-state index contributed by atoms with van der Waals surface area (Å²) in [6.07, 6.45) is 1.43. The minimum Gasteiger partial charge on any atom is -0.438 e. The third kappa shape index (κ3) is 2.23. The normalized spacial score (nSPS) is 15.2. The molecule has 1 aliphatic rings. The molecule has 126 valence electrons. The highest BCUT2D eigenvalue weighted by molar-refractivity contribution is 6.30. The molecule has 0 unspecified atom stereocenters. The first-order valence-corrected chi connectivity index (χ1v) is 8.65. The van der Waals surface area contributed by atoms with Gasteiger partial charge in [0.2, 0.25) is 5.88 Å². The molecule has 5 heteroatoms. The van der Waals surface area contributed by atoms with Gasteiger partial charge in [-0.25, -0.2) is 9.97 Å². The molecule has 0 saturated carbocycles. The molecule has 1 atom stereocenters. The maximum atomic E-state index is 6.24. The van der Waals surface area contributed by atoms with Gasteiger partial charge in [-0.2, -0.15) is 0 Å². The quantitative estimate of drug-likeness (QED) is 0.449. The van der Waals surface area contributed by atoms with Gasteiger partial charge in [-0.1, -0.05) is 54.1 Å². The lowest BCUT2D eigenvalue weighted by Gasteiger charge is -2.29. The molecule has 5 rings (SSSR count). The molecule has 0 bridgehead atoms. The Bertz CT molecular complexity index is 1140. The number of fused-ring (bicyclic) bond motifs is 4. The summed E-state index contributed by atoms with van der Waals surface area (Å²) in [6, 6.07) is 20.1. The van der Waals surface area contributed by atoms with Crippen LogP contribution in [0.25, 0.3) is 10.8 Å². The number of anilines is 1. The van der Waals surface area contributed by atoms with Crippen LogP contribution < -0.4 is 10.5 Å². The summed E-state index contributed by atoms with van der Waals surface area (Å²) in [7, 11) is 0. The molecule has 26 heavy (non-hydrogen) atoms. The minimum absolute atomic E-state index is 0.127. The zero-order valence-corrected chi connectivity index (χ0v) is 14.4. The Morgan fingerprint density at radius 2 is 1.69 bits per heavy atom. The molecule has 0 radical (unpaired) electrons. The molecule has 0 fully saturated rings. The van der Waals surface area contributed by atoms with Crippen molar-refractivity contribution < 1.29 is 4.74 Å². The molecule has 0 aliphatic carbocycles. The van der Waals surface area contributed by atoms with Crippen molar-refractivity contribution in [3.8, 4) is 11.6 Å². The molecule has 0 amide bonds. The van der Waals surface area contributed by atoms with E-state index in [0.29, 0.717) is 16.7 Å². The van der Waals surface area contributed by atoms with Gasteiger partial charge in [-0.15, -0.1) is 0 Å². The molecule has 1 aromatic heterocycles. The number of halogens is 1. The first-order chi connectivity index (χ1) is 12.7. The Morgan fingerprint density at radius 3 is 2.54 bits per heavy atom. The van der Waals surface area contributed by atoms with Crippen molar-refractivity contribution in [2.45, 2.75) is 5.92 Å². The van der Waals surface area contributed by atoms with Gasteiger partial charge in [0.15, 0.2) is 0 Å². The minimum atomic E-state index is -0.127. The highest BCUT2D eigenvalue weighted by Gasteiger charge is 2.33. The number of aromatic nitrogens is 2. The Labute approximate surface area is 155 Å². The summed E-state index contributed by atoms with van der Waals surface area (Å²) in [6.45, 7) is 0. The predicted molar refractivity (Wildman–Crippen MR) is 103 cm³/mol. The standard InChI is InChI=1S/C21H14ClN3O/c22-14-8-5-13(6-9-14)17-18-15-4-2-1-3-12(15)7-10-16(18)26-21-19(17)20(23)24-11-25-21/h1-11,17H,(H2,23,24,25)/t17-/m1/s1. The van der Waals surface area contributed by atoms with Crippen LogP contribution in [0.1, 0.15) is 22.6 Å². The van der Waals surface area contributed by atoms with Crippen LogP contribution in [0.15, 0.2) is 67.0 Å². The fourth-order valence-corrected chi connectivity index (χ4v) is 3.77. The van der Waals surface area contributed by atoms with Crippen molar-refractivity contribution in [2.75, 3.05) is 5.73 Å². The third-order valence-corrected chi connectivity index (χ3v) is 5.05. The van der Waals surface area contributed by atoms with Gasteiger partial charge >= 0.3 is 0 Å². The zero-order valence-electron chi connectivity index (χ0n) is 13.7. The predicted octanol–water partition coefficient (Wildman–Crippen LogP) is 5.15. The van der Waals surface area contributed by atoms with Crippen molar-refractivity contribution in [3.63, 3.8) is 0 Å². The van der Waals surface area contributed by atoms with Gasteiger partial charge in [-0.05, 0) is 34.5 Å². The van der Waals surface area contributed by atoms with E-state index < -0.39 is 0 Å². The van der Waals surface area contributed by atoms with Gasteiger partial charge in [0.25, 0.3) is 0 Å². The molecular weight excluding hydrogens is 346 g/mol. The fraction of sp³-hybridized carbons (Fsp3) is 0.0476. The van der Waals surface area contributed by atoms with E-state index in [1.165, 1.54) is 6.33 Å². The molecule has 4 aromatic rings. The maximum absolute atomic E-state index is 6.24. The van der Waals surface area contributed by atoms with Crippen molar-refractivity contribution in [3.05, 3.63) is 88.7 Å². The van der Waals surface area contributed by atoms with Crippen molar-refractivity contribution in [1.82, 2.24) is 9.97 Å². The molecule has 3 aromatic carbocycles. The van der Waals surface area contributed by atoms with Crippen molar-refractivity contribution >= 4 is 28.2 Å². The summed E-state index contributed by atoms with van der Waals surface area (Å²) in [5.41, 5.74) is 9.17. The third-order valence-electron chi connectivity index (χ3n) is 4.80. The highest BCUT2D eigenvalue weighted by atomic mass is 35.5. The first kappa shape index (κ1) is 15.2. The molecule has 2 N–H and O–H groups in total. The van der Waals surface area contributed by atoms with E-state index in [4.69, 9.17) is 22.1 Å². The van der Waals surface area contributed by atoms with Crippen LogP contribution in [0.3, 0.4) is 0 Å². The molecule has 0 saturated heterocycles. The van der Waals surface area contributed by atoms with Crippen molar-refractivity contribution in [2.24, 2.45) is 0 Å². The monoisotopic (exact) mass is 359 g/mol. The highest BCUT2D eigenvalue weighted by Crippen LogP contribution is 2.50. The van der Waals surface area contributed by atoms with Crippen molar-refractivity contribution in [1.29, 1.82) is 0 Å². The van der Waals surface area contributed by atoms with E-state index in [9.17, 15) is 0 Å². The van der Waals surface area contributed by atoms with Crippen LogP contribution in [0, 0.1) is 0 Å². The number of nitrogens with two attached hydrogens (primary N) is 1. The number of ether oxygens (including phenoxy) is 1. The van der Waals surface area contributed by atoms with Gasteiger partial charge < -0.3 is 10.5 Å². The average Bonchev–Trinajstić information content (AvgIpc) is 2.67. The molecule has 4 nitrogen and oxygen atoms in total. The molecule has 2 heterocycles. The largest absolute Gasteiger partial charge is 0.438 e. The van der Waals surface area contributed by atoms with Crippen LogP contribution in [-0.4, -0.2) is 9.97 Å². The summed E-state index contributed by atoms with van der Waals surface area (Å²) in [5, 5.41) is 2.96. The van der Waals surface area contributed by atoms with Gasteiger partial charge in [-0.3, -0.25) is 0 Å². The topological polar surface area (TPSA) is 61.0 Å². The second-order valence-electron chi connectivity index (χ2n) is 6.26. The number of hydrogen-bond acceptors (Lipinski definition) is 4. The Kier molecular flexibility index (Phi) is 3.33. The van der Waals surface area contributed by atoms with Gasteiger partial charge in [0.1, 0.15) is 17.9 Å². The Morgan fingerprint density at radius 1 is 0.885 bits per heavy atom. The number of nitrogen functional groups attached to an aromatic ring is 1. The van der Waals surface area contributed by atoms with E-state index in [1.54, 1.807) is 0 Å². The van der Waals surface area contributed by atoms with Crippen LogP contribution in [0.5, 0.6) is 11.6 Å². The van der Waals surface area contributed by atoms with E-state index in [2.05, 4.69) is 28.2 Å². The number of benzene rings is 3. The molecule has 0 spiro atoms. The van der Waals surface area contributed by atoms with E-state index >= 15 is 0 Å². The summed E-state index contributed by atoms with van der Waals surface area (Å²) in [4.78, 5) is 8.51. The lowest BCUT2D eigenvalue weighted by atomic mass is 9.81. The zero-order chi connectivity index (χ0) is 17.7. The van der Waals surface area contributed by atoms with Gasteiger partial charge in [0, 0.05) is 16.5 Å². The first-order valence-electron chi connectivity index (χ1n) is 8.27. The van der Waals surface area contributed by atoms with E-state index in [0.717, 1.165) is 33.2 Å². The summed E-state index contributed by atoms with van der Waals surface area (Å²) >= 11 is 6.10. The van der Waals surface area contributed by atoms with E-state index in [1.807, 2.05) is 42.5 Å². The van der Waals surface area contributed by atoms with E-state index in [-0.39, 0.29) is 5.92 Å². The van der Waals surface area contributed by atoms with Crippen LogP contribution in [0.2, 0.25) is 5.02 Å². The Balaban J connectivity index is 1.87. The average molecular weight is 360 g/mol. The maximum Gasteiger partial charge on any atom is 0.228 e. The number of nitrogens with zero attached hydrogens (tertiary/aromatic N) is 2. The van der Waals surface area contributed by atoms with Gasteiger partial charge in [0.05, 0.1) is 5.56 Å². The van der Waals surface area contributed by atoms with Crippen LogP contribution in [0.4, 0.5) is 5.82 Å². The molecular formula is C21H14ClN3O. The fourth-order valence-electron chi connectivity index (χ4n) is 3.64. The SMILES string of the molecule is Nc1ncnc2c1[C@H](c1ccc(Cl)cc1)c1c(ccc3ccccc13)O2. The smallest absolute Gasteiger partial charge is 0.228 e. The van der Waals surface area contributed by atoms with Crippen LogP contribution in [-0.2, 0) is 0 Å². The van der Waals surface area contributed by atoms with Crippen LogP contribution >= 0.6 is 11.6 Å². The number of rotatable bonds is 1. The lowest BCUT2D eigenvalue weighted by molar-refractivity contribution is 0.434. The lowest BCUT2D eigenvalue weighted by Crippen LogP contribution is -2.16. The Hall–Kier alpha value is -3.11.